The quantitative estimate of drug-likeness (QED) is 0.691. The molecule has 2 aliphatic rings. The Morgan fingerprint density at radius 2 is 2.06 bits per heavy atom. The van der Waals surface area contributed by atoms with Crippen molar-refractivity contribution in [3.8, 4) is 11.1 Å². The topological polar surface area (TPSA) is 77.9 Å². The van der Waals surface area contributed by atoms with Gasteiger partial charge in [-0.1, -0.05) is 25.5 Å². The van der Waals surface area contributed by atoms with Crippen LogP contribution in [0, 0.1) is 12.8 Å². The van der Waals surface area contributed by atoms with Crippen LogP contribution >= 0.6 is 0 Å². The van der Waals surface area contributed by atoms with Crippen LogP contribution in [-0.4, -0.2) is 67.0 Å². The second-order valence-electron chi connectivity index (χ2n) is 8.79. The van der Waals surface area contributed by atoms with Crippen molar-refractivity contribution in [1.29, 1.82) is 0 Å². The SMILES string of the molecule is CC[C@@H]1CCN(C(=O)Nc2ccc(C)c(-c3cc(/C=C/CO)nc(N4CCOCC4)c3)c2)C1. The van der Waals surface area contributed by atoms with E-state index < -0.39 is 0 Å². The number of benzene rings is 1. The average molecular weight is 451 g/mol. The minimum Gasteiger partial charge on any atom is -0.392 e. The fraction of sp³-hybridized carbons (Fsp3) is 0.462. The number of carbonyl (C=O) groups excluding carboxylic acids is 1. The van der Waals surface area contributed by atoms with E-state index in [0.29, 0.717) is 19.1 Å². The summed E-state index contributed by atoms with van der Waals surface area (Å²) < 4.78 is 5.50. The lowest BCUT2D eigenvalue weighted by atomic mass is 9.99. The van der Waals surface area contributed by atoms with Crippen LogP contribution in [0.25, 0.3) is 17.2 Å². The first-order valence-corrected chi connectivity index (χ1v) is 11.9. The second-order valence-corrected chi connectivity index (χ2v) is 8.79. The number of aliphatic hydroxyl groups excluding tert-OH is 1. The van der Waals surface area contributed by atoms with E-state index in [4.69, 9.17) is 9.72 Å². The zero-order valence-corrected chi connectivity index (χ0v) is 19.6. The smallest absolute Gasteiger partial charge is 0.321 e. The first-order valence-electron chi connectivity index (χ1n) is 11.9. The highest BCUT2D eigenvalue weighted by Crippen LogP contribution is 2.31. The molecule has 0 saturated carbocycles. The van der Waals surface area contributed by atoms with E-state index in [2.05, 4.69) is 30.1 Å². The molecule has 1 atom stereocenters. The van der Waals surface area contributed by atoms with E-state index in [1.165, 1.54) is 0 Å². The zero-order chi connectivity index (χ0) is 23.2. The zero-order valence-electron chi connectivity index (χ0n) is 19.6. The summed E-state index contributed by atoms with van der Waals surface area (Å²) in [5, 5.41) is 12.3. The number of morpholine rings is 1. The largest absolute Gasteiger partial charge is 0.392 e. The highest BCUT2D eigenvalue weighted by Gasteiger charge is 2.25. The molecule has 1 aromatic heterocycles. The van der Waals surface area contributed by atoms with Crippen LogP contribution in [0.1, 0.15) is 31.0 Å². The number of anilines is 2. The number of nitrogens with one attached hydrogen (secondary N) is 1. The van der Waals surface area contributed by atoms with Gasteiger partial charge >= 0.3 is 6.03 Å². The molecule has 2 N–H and O–H groups in total. The standard InChI is InChI=1S/C26H34N4O3/c1-3-20-8-9-30(18-20)26(32)28-23-7-6-19(2)24(17-23)21-15-22(5-4-12-31)27-25(16-21)29-10-13-33-14-11-29/h4-7,15-17,20,31H,3,8-14,18H2,1-2H3,(H,28,32)/b5-4+/t20-/m1/s1. The van der Waals surface area contributed by atoms with Gasteiger partial charge < -0.3 is 25.0 Å². The van der Waals surface area contributed by atoms with E-state index >= 15 is 0 Å². The van der Waals surface area contributed by atoms with Crippen molar-refractivity contribution in [3.63, 3.8) is 0 Å². The number of amides is 2. The predicted molar refractivity (Wildman–Crippen MR) is 133 cm³/mol. The van der Waals surface area contributed by atoms with E-state index in [1.807, 2.05) is 35.2 Å². The molecule has 2 amide bonds. The summed E-state index contributed by atoms with van der Waals surface area (Å²) in [5.74, 6) is 1.50. The minimum atomic E-state index is -0.0330. The van der Waals surface area contributed by atoms with Crippen molar-refractivity contribution in [2.45, 2.75) is 26.7 Å². The van der Waals surface area contributed by atoms with Crippen molar-refractivity contribution in [2.24, 2.45) is 5.92 Å². The van der Waals surface area contributed by atoms with Gasteiger partial charge in [-0.25, -0.2) is 9.78 Å². The van der Waals surface area contributed by atoms with Crippen LogP contribution in [-0.2, 0) is 4.74 Å². The second kappa shape index (κ2) is 10.8. The lowest BCUT2D eigenvalue weighted by Gasteiger charge is -2.28. The van der Waals surface area contributed by atoms with Gasteiger partial charge in [0.1, 0.15) is 5.82 Å². The number of aryl methyl sites for hydroxylation is 1. The molecular weight excluding hydrogens is 416 g/mol. The van der Waals surface area contributed by atoms with Gasteiger partial charge in [-0.15, -0.1) is 0 Å². The summed E-state index contributed by atoms with van der Waals surface area (Å²) in [6.07, 6.45) is 5.72. The van der Waals surface area contributed by atoms with Gasteiger partial charge in [-0.3, -0.25) is 0 Å². The Morgan fingerprint density at radius 3 is 2.79 bits per heavy atom. The molecule has 176 valence electrons. The maximum absolute atomic E-state index is 12.8. The molecule has 7 heteroatoms. The van der Waals surface area contributed by atoms with E-state index in [0.717, 1.165) is 72.9 Å². The lowest BCUT2D eigenvalue weighted by Crippen LogP contribution is -2.36. The number of hydrogen-bond donors (Lipinski definition) is 2. The first kappa shape index (κ1) is 23.3. The highest BCUT2D eigenvalue weighted by atomic mass is 16.5. The number of pyridine rings is 1. The Hall–Kier alpha value is -2.90. The number of carbonyl (C=O) groups is 1. The van der Waals surface area contributed by atoms with E-state index in [1.54, 1.807) is 6.08 Å². The van der Waals surface area contributed by atoms with Crippen LogP contribution < -0.4 is 10.2 Å². The fourth-order valence-corrected chi connectivity index (χ4v) is 4.47. The molecule has 0 radical (unpaired) electrons. The first-order chi connectivity index (χ1) is 16.1. The summed E-state index contributed by atoms with van der Waals surface area (Å²) in [6.45, 7) is 8.83. The minimum absolute atomic E-state index is 0.0314. The fourth-order valence-electron chi connectivity index (χ4n) is 4.47. The number of aromatic nitrogens is 1. The van der Waals surface area contributed by atoms with Crippen molar-refractivity contribution >= 4 is 23.6 Å². The monoisotopic (exact) mass is 450 g/mol. The van der Waals surface area contributed by atoms with Crippen LogP contribution in [0.3, 0.4) is 0 Å². The van der Waals surface area contributed by atoms with Gasteiger partial charge in [0.25, 0.3) is 0 Å². The molecular formula is C26H34N4O3. The summed E-state index contributed by atoms with van der Waals surface area (Å²) in [5.41, 5.74) is 4.79. The van der Waals surface area contributed by atoms with E-state index in [-0.39, 0.29) is 12.6 Å². The maximum Gasteiger partial charge on any atom is 0.321 e. The van der Waals surface area contributed by atoms with Crippen molar-refractivity contribution < 1.29 is 14.6 Å². The number of hydrogen-bond acceptors (Lipinski definition) is 5. The van der Waals surface area contributed by atoms with Gasteiger partial charge in [0.15, 0.2) is 0 Å². The third-order valence-electron chi connectivity index (χ3n) is 6.51. The number of ether oxygens (including phenoxy) is 1. The Kier molecular flexibility index (Phi) is 7.62. The van der Waals surface area contributed by atoms with Crippen molar-refractivity contribution in [2.75, 3.05) is 56.2 Å². The Labute approximate surface area is 196 Å². The molecule has 0 bridgehead atoms. The Balaban J connectivity index is 1.62. The van der Waals surface area contributed by atoms with Crippen LogP contribution in [0.5, 0.6) is 0 Å². The molecule has 0 aliphatic carbocycles. The number of rotatable bonds is 6. The van der Waals surface area contributed by atoms with Gasteiger partial charge in [0.05, 0.1) is 25.5 Å². The van der Waals surface area contributed by atoms with Gasteiger partial charge in [0.2, 0.25) is 0 Å². The van der Waals surface area contributed by atoms with Crippen LogP contribution in [0.4, 0.5) is 16.3 Å². The van der Waals surface area contributed by atoms with Crippen LogP contribution in [0.15, 0.2) is 36.4 Å². The van der Waals surface area contributed by atoms with Gasteiger partial charge in [0, 0.05) is 31.9 Å². The third-order valence-corrected chi connectivity index (χ3v) is 6.51. The number of likely N-dealkylation sites (tertiary alicyclic amines) is 1. The number of aliphatic hydroxyl groups is 1. The van der Waals surface area contributed by atoms with Crippen LogP contribution in [0.2, 0.25) is 0 Å². The molecule has 0 spiro atoms. The molecule has 3 heterocycles. The summed E-state index contributed by atoms with van der Waals surface area (Å²) in [7, 11) is 0. The molecule has 1 aromatic carbocycles. The Bertz CT molecular complexity index is 1000. The molecule has 0 unspecified atom stereocenters. The highest BCUT2D eigenvalue weighted by molar-refractivity contribution is 5.91. The van der Waals surface area contributed by atoms with Crippen molar-refractivity contribution in [3.05, 3.63) is 47.7 Å². The Morgan fingerprint density at radius 1 is 1.24 bits per heavy atom. The average Bonchev–Trinajstić information content (AvgIpc) is 3.34. The lowest BCUT2D eigenvalue weighted by molar-refractivity contribution is 0.122. The van der Waals surface area contributed by atoms with E-state index in [9.17, 15) is 9.90 Å². The van der Waals surface area contributed by atoms with Gasteiger partial charge in [-0.05, 0) is 66.3 Å². The van der Waals surface area contributed by atoms with Gasteiger partial charge in [-0.2, -0.15) is 0 Å². The molecule has 2 saturated heterocycles. The summed E-state index contributed by atoms with van der Waals surface area (Å²) >= 11 is 0. The molecule has 4 rings (SSSR count). The molecule has 2 aromatic rings. The maximum atomic E-state index is 12.8. The van der Waals surface area contributed by atoms with Crippen molar-refractivity contribution in [1.82, 2.24) is 9.88 Å². The molecule has 2 aliphatic heterocycles. The predicted octanol–water partition coefficient (Wildman–Crippen LogP) is 4.16. The summed E-state index contributed by atoms with van der Waals surface area (Å²) in [6, 6.07) is 10.1. The third kappa shape index (κ3) is 5.72. The molecule has 2 fully saturated rings. The summed E-state index contributed by atoms with van der Waals surface area (Å²) in [4.78, 5) is 21.7. The normalized spacial score (nSPS) is 18.8. The molecule has 7 nitrogen and oxygen atoms in total. The molecule has 33 heavy (non-hydrogen) atoms. The number of nitrogens with zero attached hydrogens (tertiary/aromatic N) is 3. The number of urea groups is 1.